The van der Waals surface area contributed by atoms with Crippen LogP contribution >= 0.6 is 0 Å². The second kappa shape index (κ2) is 5.57. The van der Waals surface area contributed by atoms with Crippen LogP contribution in [0.2, 0.25) is 0 Å². The minimum atomic E-state index is 0.111. The highest BCUT2D eigenvalue weighted by atomic mass is 16.2. The average molecular weight is 251 g/mol. The second-order valence-corrected chi connectivity index (χ2v) is 5.95. The molecule has 18 heavy (non-hydrogen) atoms. The lowest BCUT2D eigenvalue weighted by atomic mass is 9.91. The quantitative estimate of drug-likeness (QED) is 0.789. The second-order valence-electron chi connectivity index (χ2n) is 5.95. The molecule has 0 aromatic rings. The molecule has 0 unspecified atom stereocenters. The van der Waals surface area contributed by atoms with Crippen molar-refractivity contribution >= 4 is 5.91 Å². The van der Waals surface area contributed by atoms with Crippen molar-refractivity contribution in [2.75, 3.05) is 32.7 Å². The van der Waals surface area contributed by atoms with E-state index in [2.05, 4.69) is 15.1 Å². The van der Waals surface area contributed by atoms with Crippen molar-refractivity contribution in [1.29, 1.82) is 0 Å². The van der Waals surface area contributed by atoms with E-state index in [0.29, 0.717) is 5.91 Å². The summed E-state index contributed by atoms with van der Waals surface area (Å²) in [6.07, 6.45) is 7.47. The van der Waals surface area contributed by atoms with Gasteiger partial charge in [-0.1, -0.05) is 6.42 Å². The number of hydrogen-bond donors (Lipinski definition) is 1. The fourth-order valence-electron chi connectivity index (χ4n) is 3.39. The number of amides is 1. The number of rotatable bonds is 2. The summed E-state index contributed by atoms with van der Waals surface area (Å²) in [5, 5.41) is 3.33. The van der Waals surface area contributed by atoms with Gasteiger partial charge in [0.05, 0.1) is 6.04 Å². The molecule has 0 radical (unpaired) electrons. The summed E-state index contributed by atoms with van der Waals surface area (Å²) >= 11 is 0. The Hall–Kier alpha value is -0.610. The molecule has 1 atom stereocenters. The van der Waals surface area contributed by atoms with E-state index in [9.17, 15) is 4.79 Å². The van der Waals surface area contributed by atoms with Crippen LogP contribution in [0.3, 0.4) is 0 Å². The molecule has 0 aromatic carbocycles. The third kappa shape index (κ3) is 2.54. The van der Waals surface area contributed by atoms with Crippen LogP contribution in [0.15, 0.2) is 0 Å². The highest BCUT2D eigenvalue weighted by molar-refractivity contribution is 5.82. The van der Waals surface area contributed by atoms with Gasteiger partial charge in [0, 0.05) is 32.2 Å². The first kappa shape index (κ1) is 12.4. The number of carbonyl (C=O) groups excluding carboxylic acids is 1. The van der Waals surface area contributed by atoms with E-state index in [1.54, 1.807) is 0 Å². The summed E-state index contributed by atoms with van der Waals surface area (Å²) in [5.74, 6) is 0.350. The highest BCUT2D eigenvalue weighted by Crippen LogP contribution is 2.25. The minimum absolute atomic E-state index is 0.111. The standard InChI is InChI=1S/C14H25N3O/c18-14(13-6-2-7-15-13)17-9-3-8-16(10-11-17)12-4-1-5-12/h12-13,15H,1-11H2/t13-/m0/s1. The van der Waals surface area contributed by atoms with Crippen LogP contribution in [0.1, 0.15) is 38.5 Å². The topological polar surface area (TPSA) is 35.6 Å². The molecule has 2 saturated heterocycles. The van der Waals surface area contributed by atoms with Crippen LogP contribution in [-0.4, -0.2) is 60.5 Å². The summed E-state index contributed by atoms with van der Waals surface area (Å²) in [6.45, 7) is 5.18. The maximum Gasteiger partial charge on any atom is 0.239 e. The van der Waals surface area contributed by atoms with Crippen molar-refractivity contribution in [2.24, 2.45) is 0 Å². The highest BCUT2D eigenvalue weighted by Gasteiger charge is 2.30. The van der Waals surface area contributed by atoms with Crippen molar-refractivity contribution in [2.45, 2.75) is 50.6 Å². The third-order valence-electron chi connectivity index (χ3n) is 4.79. The molecular formula is C14H25N3O. The van der Waals surface area contributed by atoms with Crippen LogP contribution in [0.5, 0.6) is 0 Å². The third-order valence-corrected chi connectivity index (χ3v) is 4.79. The fourth-order valence-corrected chi connectivity index (χ4v) is 3.39. The van der Waals surface area contributed by atoms with Crippen molar-refractivity contribution in [3.8, 4) is 0 Å². The largest absolute Gasteiger partial charge is 0.340 e. The van der Waals surface area contributed by atoms with Gasteiger partial charge in [-0.15, -0.1) is 0 Å². The van der Waals surface area contributed by atoms with Crippen LogP contribution in [0.4, 0.5) is 0 Å². The van der Waals surface area contributed by atoms with Gasteiger partial charge in [0.1, 0.15) is 0 Å². The molecular weight excluding hydrogens is 226 g/mol. The smallest absolute Gasteiger partial charge is 0.239 e. The van der Waals surface area contributed by atoms with E-state index < -0.39 is 0 Å². The normalized spacial score (nSPS) is 31.1. The average Bonchev–Trinajstić information content (AvgIpc) is 2.74. The van der Waals surface area contributed by atoms with Gasteiger partial charge in [-0.05, 0) is 38.6 Å². The van der Waals surface area contributed by atoms with Crippen molar-refractivity contribution < 1.29 is 4.79 Å². The van der Waals surface area contributed by atoms with Gasteiger partial charge < -0.3 is 10.2 Å². The zero-order chi connectivity index (χ0) is 12.4. The molecule has 1 N–H and O–H groups in total. The number of carbonyl (C=O) groups is 1. The lowest BCUT2D eigenvalue weighted by molar-refractivity contribution is -0.133. The van der Waals surface area contributed by atoms with Crippen LogP contribution in [0, 0.1) is 0 Å². The van der Waals surface area contributed by atoms with Crippen LogP contribution < -0.4 is 5.32 Å². The van der Waals surface area contributed by atoms with Gasteiger partial charge in [-0.3, -0.25) is 9.69 Å². The fraction of sp³-hybridized carbons (Fsp3) is 0.929. The molecule has 0 aromatic heterocycles. The number of nitrogens with one attached hydrogen (secondary N) is 1. The zero-order valence-corrected chi connectivity index (χ0v) is 11.2. The lowest BCUT2D eigenvalue weighted by Crippen LogP contribution is -2.46. The lowest BCUT2D eigenvalue weighted by Gasteiger charge is -2.36. The number of nitrogens with zero attached hydrogens (tertiary/aromatic N) is 2. The Morgan fingerprint density at radius 3 is 2.50 bits per heavy atom. The van der Waals surface area contributed by atoms with E-state index in [4.69, 9.17) is 0 Å². The molecule has 4 heteroatoms. The molecule has 3 rings (SSSR count). The molecule has 4 nitrogen and oxygen atoms in total. The van der Waals surface area contributed by atoms with E-state index >= 15 is 0 Å². The summed E-state index contributed by atoms with van der Waals surface area (Å²) < 4.78 is 0. The van der Waals surface area contributed by atoms with E-state index in [0.717, 1.165) is 51.5 Å². The van der Waals surface area contributed by atoms with Crippen molar-refractivity contribution in [3.05, 3.63) is 0 Å². The molecule has 102 valence electrons. The Labute approximate surface area is 110 Å². The maximum absolute atomic E-state index is 12.4. The molecule has 0 bridgehead atoms. The molecule has 1 aliphatic carbocycles. The van der Waals surface area contributed by atoms with E-state index in [1.165, 1.54) is 25.8 Å². The first-order valence-corrected chi connectivity index (χ1v) is 7.61. The predicted octanol–water partition coefficient (Wildman–Crippen LogP) is 0.825. The van der Waals surface area contributed by atoms with Gasteiger partial charge in [-0.25, -0.2) is 0 Å². The summed E-state index contributed by atoms with van der Waals surface area (Å²) in [6, 6.07) is 0.935. The molecule has 1 saturated carbocycles. The van der Waals surface area contributed by atoms with Crippen molar-refractivity contribution in [1.82, 2.24) is 15.1 Å². The van der Waals surface area contributed by atoms with Gasteiger partial charge in [-0.2, -0.15) is 0 Å². The minimum Gasteiger partial charge on any atom is -0.340 e. The molecule has 0 spiro atoms. The Kier molecular flexibility index (Phi) is 3.85. The Morgan fingerprint density at radius 1 is 0.944 bits per heavy atom. The van der Waals surface area contributed by atoms with Gasteiger partial charge in [0.2, 0.25) is 5.91 Å². The molecule has 2 heterocycles. The van der Waals surface area contributed by atoms with Gasteiger partial charge in [0.15, 0.2) is 0 Å². The molecule has 1 amide bonds. The SMILES string of the molecule is O=C([C@@H]1CCCN1)N1CCCN(C2CCC2)CC1. The Bertz CT molecular complexity index is 297. The summed E-state index contributed by atoms with van der Waals surface area (Å²) in [4.78, 5) is 17.1. The molecule has 2 aliphatic heterocycles. The molecule has 3 aliphatic rings. The van der Waals surface area contributed by atoms with E-state index in [1.807, 2.05) is 0 Å². The van der Waals surface area contributed by atoms with Gasteiger partial charge >= 0.3 is 0 Å². The zero-order valence-electron chi connectivity index (χ0n) is 11.2. The van der Waals surface area contributed by atoms with E-state index in [-0.39, 0.29) is 6.04 Å². The molecule has 3 fully saturated rings. The number of hydrogen-bond acceptors (Lipinski definition) is 3. The Morgan fingerprint density at radius 2 is 1.83 bits per heavy atom. The monoisotopic (exact) mass is 251 g/mol. The Balaban J connectivity index is 1.52. The first-order valence-electron chi connectivity index (χ1n) is 7.61. The van der Waals surface area contributed by atoms with Crippen LogP contribution in [-0.2, 0) is 4.79 Å². The first-order chi connectivity index (χ1) is 8.84. The predicted molar refractivity (Wildman–Crippen MR) is 71.4 cm³/mol. The van der Waals surface area contributed by atoms with Crippen LogP contribution in [0.25, 0.3) is 0 Å². The summed E-state index contributed by atoms with van der Waals surface area (Å²) in [7, 11) is 0. The maximum atomic E-state index is 12.4. The summed E-state index contributed by atoms with van der Waals surface area (Å²) in [5.41, 5.74) is 0. The van der Waals surface area contributed by atoms with Gasteiger partial charge in [0.25, 0.3) is 0 Å². The van der Waals surface area contributed by atoms with Crippen molar-refractivity contribution in [3.63, 3.8) is 0 Å².